The van der Waals surface area contributed by atoms with E-state index in [1.807, 2.05) is 6.92 Å². The summed E-state index contributed by atoms with van der Waals surface area (Å²) in [5, 5.41) is 9.15. The first-order valence-corrected chi connectivity index (χ1v) is 4.92. The third kappa shape index (κ3) is 2.71. The third-order valence-electron chi connectivity index (χ3n) is 2.54. The summed E-state index contributed by atoms with van der Waals surface area (Å²) in [6.07, 6.45) is 1.43. The predicted molar refractivity (Wildman–Crippen MR) is 59.4 cm³/mol. The molecular weight excluding hydrogens is 192 g/mol. The number of nitrogens with zero attached hydrogens (tertiary/aromatic N) is 1. The SMILES string of the molecule is CC(NC(=O)c1[nH]ncc1N)C(C)(C)C. The van der Waals surface area contributed by atoms with Crippen molar-refractivity contribution in [2.75, 3.05) is 5.73 Å². The zero-order valence-corrected chi connectivity index (χ0v) is 9.59. The molecule has 0 saturated carbocycles. The largest absolute Gasteiger partial charge is 0.396 e. The fourth-order valence-corrected chi connectivity index (χ4v) is 0.963. The van der Waals surface area contributed by atoms with Gasteiger partial charge in [0.1, 0.15) is 5.69 Å². The van der Waals surface area contributed by atoms with E-state index in [2.05, 4.69) is 36.3 Å². The van der Waals surface area contributed by atoms with Gasteiger partial charge < -0.3 is 11.1 Å². The highest BCUT2D eigenvalue weighted by molar-refractivity contribution is 5.97. The first-order valence-electron chi connectivity index (χ1n) is 4.92. The van der Waals surface area contributed by atoms with Crippen molar-refractivity contribution in [1.82, 2.24) is 15.5 Å². The molecule has 5 nitrogen and oxygen atoms in total. The summed E-state index contributed by atoms with van der Waals surface area (Å²) in [5.74, 6) is -0.215. The van der Waals surface area contributed by atoms with Crippen LogP contribution in [0.15, 0.2) is 6.20 Å². The van der Waals surface area contributed by atoms with Crippen molar-refractivity contribution in [3.05, 3.63) is 11.9 Å². The van der Waals surface area contributed by atoms with Gasteiger partial charge in [-0.1, -0.05) is 20.8 Å². The summed E-state index contributed by atoms with van der Waals surface area (Å²) in [4.78, 5) is 11.7. The highest BCUT2D eigenvalue weighted by Gasteiger charge is 2.23. The Labute approximate surface area is 89.4 Å². The van der Waals surface area contributed by atoms with Crippen molar-refractivity contribution >= 4 is 11.6 Å². The van der Waals surface area contributed by atoms with Crippen LogP contribution < -0.4 is 11.1 Å². The molecule has 0 aliphatic carbocycles. The van der Waals surface area contributed by atoms with E-state index in [9.17, 15) is 4.79 Å². The fourth-order valence-electron chi connectivity index (χ4n) is 0.963. The van der Waals surface area contributed by atoms with Crippen LogP contribution in [0, 0.1) is 5.41 Å². The molecule has 0 aliphatic heterocycles. The summed E-state index contributed by atoms with van der Waals surface area (Å²) < 4.78 is 0. The number of nitrogens with two attached hydrogens (primary N) is 1. The maximum atomic E-state index is 11.7. The second-order valence-corrected chi connectivity index (χ2v) is 4.76. The number of H-pyrrole nitrogens is 1. The van der Waals surface area contributed by atoms with Crippen molar-refractivity contribution in [1.29, 1.82) is 0 Å². The van der Waals surface area contributed by atoms with E-state index < -0.39 is 0 Å². The maximum Gasteiger partial charge on any atom is 0.271 e. The van der Waals surface area contributed by atoms with E-state index in [0.29, 0.717) is 11.4 Å². The summed E-state index contributed by atoms with van der Waals surface area (Å²) in [6, 6.07) is 0.0627. The van der Waals surface area contributed by atoms with Crippen molar-refractivity contribution in [2.45, 2.75) is 33.7 Å². The Morgan fingerprint density at radius 2 is 2.20 bits per heavy atom. The summed E-state index contributed by atoms with van der Waals surface area (Å²) in [5.41, 5.74) is 6.28. The minimum Gasteiger partial charge on any atom is -0.396 e. The van der Waals surface area contributed by atoms with Gasteiger partial charge in [0.2, 0.25) is 0 Å². The Kier molecular flexibility index (Phi) is 3.02. The Hall–Kier alpha value is -1.52. The Balaban J connectivity index is 2.69. The third-order valence-corrected chi connectivity index (χ3v) is 2.54. The number of carbonyl (C=O) groups excluding carboxylic acids is 1. The van der Waals surface area contributed by atoms with Gasteiger partial charge in [-0.3, -0.25) is 9.89 Å². The zero-order chi connectivity index (χ0) is 11.6. The summed E-state index contributed by atoms with van der Waals surface area (Å²) in [6.45, 7) is 8.15. The van der Waals surface area contributed by atoms with Gasteiger partial charge in [0.25, 0.3) is 5.91 Å². The van der Waals surface area contributed by atoms with Crippen molar-refractivity contribution < 1.29 is 4.79 Å². The lowest BCUT2D eigenvalue weighted by Crippen LogP contribution is -2.41. The second-order valence-electron chi connectivity index (χ2n) is 4.76. The molecule has 1 atom stereocenters. The summed E-state index contributed by atoms with van der Waals surface area (Å²) >= 11 is 0. The maximum absolute atomic E-state index is 11.7. The molecule has 0 aliphatic rings. The van der Waals surface area contributed by atoms with E-state index in [-0.39, 0.29) is 17.4 Å². The second kappa shape index (κ2) is 3.92. The summed E-state index contributed by atoms with van der Waals surface area (Å²) in [7, 11) is 0. The molecule has 5 heteroatoms. The lowest BCUT2D eigenvalue weighted by atomic mass is 9.88. The van der Waals surface area contributed by atoms with Gasteiger partial charge in [-0.15, -0.1) is 0 Å². The number of rotatable bonds is 2. The van der Waals surface area contributed by atoms with Gasteiger partial charge in [0.15, 0.2) is 0 Å². The molecule has 0 radical (unpaired) electrons. The van der Waals surface area contributed by atoms with E-state index in [1.165, 1.54) is 6.20 Å². The molecule has 0 bridgehead atoms. The molecule has 1 amide bonds. The van der Waals surface area contributed by atoms with Crippen LogP contribution in [0.2, 0.25) is 0 Å². The molecule has 0 aromatic carbocycles. The number of hydrogen-bond acceptors (Lipinski definition) is 3. The van der Waals surface area contributed by atoms with E-state index >= 15 is 0 Å². The van der Waals surface area contributed by atoms with Gasteiger partial charge in [-0.25, -0.2) is 0 Å². The molecule has 84 valence electrons. The lowest BCUT2D eigenvalue weighted by molar-refractivity contribution is 0.0906. The van der Waals surface area contributed by atoms with Crippen LogP contribution in [-0.2, 0) is 0 Å². The first-order chi connectivity index (χ1) is 6.82. The minimum absolute atomic E-state index is 0.0183. The van der Waals surface area contributed by atoms with Crippen LogP contribution in [-0.4, -0.2) is 22.1 Å². The van der Waals surface area contributed by atoms with Crippen LogP contribution >= 0.6 is 0 Å². The van der Waals surface area contributed by atoms with Gasteiger partial charge >= 0.3 is 0 Å². The molecule has 4 N–H and O–H groups in total. The van der Waals surface area contributed by atoms with Crippen LogP contribution in [0.5, 0.6) is 0 Å². The van der Waals surface area contributed by atoms with Gasteiger partial charge in [-0.05, 0) is 12.3 Å². The average molecular weight is 210 g/mol. The quantitative estimate of drug-likeness (QED) is 0.684. The van der Waals surface area contributed by atoms with Crippen LogP contribution in [0.25, 0.3) is 0 Å². The normalized spacial score (nSPS) is 13.6. The molecule has 1 aromatic heterocycles. The number of nitrogen functional groups attached to an aromatic ring is 1. The number of amides is 1. The smallest absolute Gasteiger partial charge is 0.271 e. The number of hydrogen-bond donors (Lipinski definition) is 3. The molecule has 1 unspecified atom stereocenters. The van der Waals surface area contributed by atoms with Crippen molar-refractivity contribution in [2.24, 2.45) is 5.41 Å². The minimum atomic E-state index is -0.215. The number of carbonyl (C=O) groups is 1. The molecule has 15 heavy (non-hydrogen) atoms. The lowest BCUT2D eigenvalue weighted by Gasteiger charge is -2.27. The topological polar surface area (TPSA) is 83.8 Å². The number of anilines is 1. The Morgan fingerprint density at radius 3 is 2.60 bits per heavy atom. The predicted octanol–water partition coefficient (Wildman–Crippen LogP) is 1.16. The zero-order valence-electron chi connectivity index (χ0n) is 9.59. The van der Waals surface area contributed by atoms with Crippen LogP contribution in [0.4, 0.5) is 5.69 Å². The molecule has 1 rings (SSSR count). The molecule has 0 spiro atoms. The van der Waals surface area contributed by atoms with Crippen LogP contribution in [0.1, 0.15) is 38.2 Å². The molecule has 1 aromatic rings. The molecule has 0 fully saturated rings. The molecular formula is C10H18N4O. The van der Waals surface area contributed by atoms with E-state index in [1.54, 1.807) is 0 Å². The van der Waals surface area contributed by atoms with Crippen LogP contribution in [0.3, 0.4) is 0 Å². The Morgan fingerprint density at radius 1 is 1.60 bits per heavy atom. The van der Waals surface area contributed by atoms with E-state index in [0.717, 1.165) is 0 Å². The Bertz CT molecular complexity index is 351. The average Bonchev–Trinajstić information content (AvgIpc) is 2.49. The number of aromatic nitrogens is 2. The highest BCUT2D eigenvalue weighted by atomic mass is 16.2. The monoisotopic (exact) mass is 210 g/mol. The molecule has 0 saturated heterocycles. The van der Waals surface area contributed by atoms with E-state index in [4.69, 9.17) is 5.73 Å². The van der Waals surface area contributed by atoms with Crippen molar-refractivity contribution in [3.63, 3.8) is 0 Å². The van der Waals surface area contributed by atoms with Gasteiger partial charge in [-0.2, -0.15) is 5.10 Å². The molecule has 1 heterocycles. The number of aromatic amines is 1. The standard InChI is InChI=1S/C10H18N4O/c1-6(10(2,3)4)13-9(15)8-7(11)5-12-14-8/h5-6H,11H2,1-4H3,(H,12,14)(H,13,15). The fraction of sp³-hybridized carbons (Fsp3) is 0.600. The van der Waals surface area contributed by atoms with Crippen molar-refractivity contribution in [3.8, 4) is 0 Å². The van der Waals surface area contributed by atoms with Gasteiger partial charge in [0.05, 0.1) is 11.9 Å². The number of nitrogens with one attached hydrogen (secondary N) is 2. The first kappa shape index (κ1) is 11.6. The van der Waals surface area contributed by atoms with Gasteiger partial charge in [0, 0.05) is 6.04 Å². The highest BCUT2D eigenvalue weighted by Crippen LogP contribution is 2.19.